The Labute approximate surface area is 166 Å². The lowest BCUT2D eigenvalue weighted by Crippen LogP contribution is -2.37. The van der Waals surface area contributed by atoms with E-state index in [1.54, 1.807) is 19.2 Å². The molecule has 0 atom stereocenters. The van der Waals surface area contributed by atoms with Crippen LogP contribution in [0.3, 0.4) is 0 Å². The molecule has 0 bridgehead atoms. The van der Waals surface area contributed by atoms with Crippen LogP contribution in [0.15, 0.2) is 34.2 Å². The van der Waals surface area contributed by atoms with Gasteiger partial charge in [-0.05, 0) is 42.9 Å². The predicted octanol–water partition coefficient (Wildman–Crippen LogP) is 1.43. The molecule has 4 N–H and O–H groups in total. The lowest BCUT2D eigenvalue weighted by Gasteiger charge is -2.12. The van der Waals surface area contributed by atoms with Gasteiger partial charge in [0.2, 0.25) is 10.0 Å². The number of nitrogens with one attached hydrogen (secondary N) is 2. The smallest absolute Gasteiger partial charge is 0.238 e. The van der Waals surface area contributed by atoms with Gasteiger partial charge in [-0.25, -0.2) is 13.6 Å². The van der Waals surface area contributed by atoms with Gasteiger partial charge in [0.1, 0.15) is 0 Å². The summed E-state index contributed by atoms with van der Waals surface area (Å²) in [5.74, 6) is 1.50. The van der Waals surface area contributed by atoms with Gasteiger partial charge in [0, 0.05) is 33.4 Å². The van der Waals surface area contributed by atoms with Crippen LogP contribution >= 0.6 is 24.0 Å². The van der Waals surface area contributed by atoms with Crippen molar-refractivity contribution in [1.82, 2.24) is 10.6 Å². The molecule has 1 aliphatic carbocycles. The quantitative estimate of drug-likeness (QED) is 0.214. The highest BCUT2D eigenvalue weighted by atomic mass is 127. The summed E-state index contributed by atoms with van der Waals surface area (Å²) >= 11 is 0. The Morgan fingerprint density at radius 1 is 1.28 bits per heavy atom. The van der Waals surface area contributed by atoms with Crippen molar-refractivity contribution in [2.45, 2.75) is 30.7 Å². The van der Waals surface area contributed by atoms with Crippen LogP contribution in [0.1, 0.15) is 24.8 Å². The van der Waals surface area contributed by atoms with Gasteiger partial charge in [-0.15, -0.1) is 24.0 Å². The molecule has 1 aliphatic rings. The lowest BCUT2D eigenvalue weighted by molar-refractivity contribution is 0.123. The van der Waals surface area contributed by atoms with E-state index in [0.717, 1.165) is 37.7 Å². The van der Waals surface area contributed by atoms with Gasteiger partial charge in [-0.1, -0.05) is 12.1 Å². The number of benzene rings is 1. The van der Waals surface area contributed by atoms with E-state index in [1.807, 2.05) is 0 Å². The molecular formula is C16H27IN4O3S. The summed E-state index contributed by atoms with van der Waals surface area (Å²) in [7, 11) is -1.93. The molecule has 0 saturated heterocycles. The zero-order valence-electron chi connectivity index (χ0n) is 14.4. The third-order valence-electron chi connectivity index (χ3n) is 3.74. The number of halogens is 1. The maximum Gasteiger partial charge on any atom is 0.238 e. The van der Waals surface area contributed by atoms with E-state index in [4.69, 9.17) is 9.88 Å². The molecule has 1 saturated carbocycles. The fraction of sp³-hybridized carbons (Fsp3) is 0.562. The molecule has 1 fully saturated rings. The van der Waals surface area contributed by atoms with Gasteiger partial charge < -0.3 is 15.4 Å². The second kappa shape index (κ2) is 10.9. The number of ether oxygens (including phenoxy) is 1. The molecule has 0 unspecified atom stereocenters. The summed E-state index contributed by atoms with van der Waals surface area (Å²) in [5, 5.41) is 11.5. The Bertz CT molecular complexity index is 646. The molecule has 0 heterocycles. The number of nitrogens with two attached hydrogens (primary N) is 1. The minimum atomic E-state index is -3.65. The summed E-state index contributed by atoms with van der Waals surface area (Å²) in [6, 6.07) is 6.46. The minimum absolute atomic E-state index is 0. The monoisotopic (exact) mass is 482 g/mol. The van der Waals surface area contributed by atoms with Crippen LogP contribution in [-0.4, -0.2) is 41.2 Å². The van der Waals surface area contributed by atoms with Crippen LogP contribution in [-0.2, 0) is 21.3 Å². The van der Waals surface area contributed by atoms with Crippen LogP contribution in [0.5, 0.6) is 0 Å². The molecule has 142 valence electrons. The zero-order chi connectivity index (χ0) is 17.4. The maximum absolute atomic E-state index is 11.2. The molecule has 1 aromatic rings. The van der Waals surface area contributed by atoms with Crippen molar-refractivity contribution < 1.29 is 13.2 Å². The highest BCUT2D eigenvalue weighted by Crippen LogP contribution is 2.28. The average molecular weight is 482 g/mol. The van der Waals surface area contributed by atoms with Crippen LogP contribution in [0.2, 0.25) is 0 Å². The number of rotatable bonds is 9. The molecule has 0 amide bonds. The van der Waals surface area contributed by atoms with E-state index in [0.29, 0.717) is 12.5 Å². The highest BCUT2D eigenvalue weighted by Gasteiger charge is 2.20. The normalized spacial score (nSPS) is 14.7. The average Bonchev–Trinajstić information content (AvgIpc) is 3.37. The Morgan fingerprint density at radius 3 is 2.52 bits per heavy atom. The number of guanidine groups is 1. The first-order valence-electron chi connectivity index (χ1n) is 8.13. The second-order valence-corrected chi connectivity index (χ2v) is 7.47. The topological polar surface area (TPSA) is 106 Å². The molecule has 0 aliphatic heterocycles. The molecule has 9 heteroatoms. The van der Waals surface area contributed by atoms with Crippen molar-refractivity contribution in [1.29, 1.82) is 0 Å². The molecule has 0 radical (unpaired) electrons. The predicted molar refractivity (Wildman–Crippen MR) is 110 cm³/mol. The summed E-state index contributed by atoms with van der Waals surface area (Å²) < 4.78 is 28.0. The maximum atomic E-state index is 11.2. The zero-order valence-corrected chi connectivity index (χ0v) is 17.5. The van der Waals surface area contributed by atoms with Gasteiger partial charge in [0.15, 0.2) is 5.96 Å². The summed E-state index contributed by atoms with van der Waals surface area (Å²) in [6.45, 7) is 2.98. The second-order valence-electron chi connectivity index (χ2n) is 5.91. The summed E-state index contributed by atoms with van der Waals surface area (Å²) in [6.07, 6.45) is 3.55. The lowest BCUT2D eigenvalue weighted by atomic mass is 10.2. The van der Waals surface area contributed by atoms with Crippen molar-refractivity contribution in [3.63, 3.8) is 0 Å². The first-order chi connectivity index (χ1) is 11.5. The van der Waals surface area contributed by atoms with E-state index >= 15 is 0 Å². The Kier molecular flexibility index (Phi) is 9.69. The Hall–Kier alpha value is -0.910. The molecule has 0 spiro atoms. The Morgan fingerprint density at radius 2 is 1.96 bits per heavy atom. The third-order valence-corrected chi connectivity index (χ3v) is 4.67. The van der Waals surface area contributed by atoms with Gasteiger partial charge in [0.05, 0.1) is 4.90 Å². The number of hydrogen-bond donors (Lipinski definition) is 3. The van der Waals surface area contributed by atoms with Crippen LogP contribution in [0.4, 0.5) is 0 Å². The van der Waals surface area contributed by atoms with Crippen LogP contribution in [0.25, 0.3) is 0 Å². The first-order valence-corrected chi connectivity index (χ1v) is 9.67. The SMILES string of the molecule is CN=C(NCCCOCC1CC1)NCc1ccc(S(N)(=O)=O)cc1.I. The summed E-state index contributed by atoms with van der Waals surface area (Å²) in [4.78, 5) is 4.26. The van der Waals surface area contributed by atoms with Crippen molar-refractivity contribution in [2.24, 2.45) is 16.0 Å². The number of aliphatic imine (C=N–C) groups is 1. The number of nitrogens with zero attached hydrogens (tertiary/aromatic N) is 1. The molecule has 0 aromatic heterocycles. The van der Waals surface area contributed by atoms with Crippen molar-refractivity contribution in [3.8, 4) is 0 Å². The van der Waals surface area contributed by atoms with Crippen molar-refractivity contribution in [3.05, 3.63) is 29.8 Å². The Balaban J connectivity index is 0.00000312. The molecule has 7 nitrogen and oxygen atoms in total. The number of primary sulfonamides is 1. The largest absolute Gasteiger partial charge is 0.381 e. The summed E-state index contributed by atoms with van der Waals surface area (Å²) in [5.41, 5.74) is 0.943. The molecular weight excluding hydrogens is 455 g/mol. The standard InChI is InChI=1S/C16H26N4O3S.HI/c1-18-16(19-9-2-10-23-12-14-3-4-14)20-11-13-5-7-15(8-6-13)24(17,21)22;/h5-8,14H,2-4,9-12H2,1H3,(H2,17,21,22)(H2,18,19,20);1H. The van der Waals surface area contributed by atoms with Gasteiger partial charge in [-0.2, -0.15) is 0 Å². The molecule has 2 rings (SSSR count). The van der Waals surface area contributed by atoms with E-state index < -0.39 is 10.0 Å². The number of sulfonamides is 1. The van der Waals surface area contributed by atoms with Crippen LogP contribution < -0.4 is 15.8 Å². The molecule has 25 heavy (non-hydrogen) atoms. The fourth-order valence-corrected chi connectivity index (χ4v) is 2.63. The minimum Gasteiger partial charge on any atom is -0.381 e. The van der Waals surface area contributed by atoms with E-state index in [-0.39, 0.29) is 28.9 Å². The highest BCUT2D eigenvalue weighted by molar-refractivity contribution is 14.0. The van der Waals surface area contributed by atoms with Crippen molar-refractivity contribution >= 4 is 40.0 Å². The fourth-order valence-electron chi connectivity index (χ4n) is 2.12. The van der Waals surface area contributed by atoms with Gasteiger partial charge in [-0.3, -0.25) is 4.99 Å². The van der Waals surface area contributed by atoms with Gasteiger partial charge >= 0.3 is 0 Å². The van der Waals surface area contributed by atoms with Crippen molar-refractivity contribution in [2.75, 3.05) is 26.8 Å². The first kappa shape index (κ1) is 22.1. The molecule has 1 aromatic carbocycles. The van der Waals surface area contributed by atoms with E-state index in [1.165, 1.54) is 25.0 Å². The van der Waals surface area contributed by atoms with Crippen LogP contribution in [0, 0.1) is 5.92 Å². The van der Waals surface area contributed by atoms with E-state index in [9.17, 15) is 8.42 Å². The van der Waals surface area contributed by atoms with Gasteiger partial charge in [0.25, 0.3) is 0 Å². The number of hydrogen-bond acceptors (Lipinski definition) is 4. The third kappa shape index (κ3) is 8.84. The van der Waals surface area contributed by atoms with E-state index in [2.05, 4.69) is 15.6 Å².